The number of ether oxygens (including phenoxy) is 2. The van der Waals surface area contributed by atoms with Gasteiger partial charge >= 0.3 is 0 Å². The van der Waals surface area contributed by atoms with Gasteiger partial charge in [-0.15, -0.1) is 0 Å². The summed E-state index contributed by atoms with van der Waals surface area (Å²) in [6.07, 6.45) is 4.69. The van der Waals surface area contributed by atoms with Crippen LogP contribution >= 0.6 is 11.6 Å². The fraction of sp³-hybridized carbons (Fsp3) is 0.581. The van der Waals surface area contributed by atoms with Crippen molar-refractivity contribution in [3.63, 3.8) is 0 Å². The van der Waals surface area contributed by atoms with Gasteiger partial charge in [0.15, 0.2) is 0 Å². The van der Waals surface area contributed by atoms with Gasteiger partial charge in [-0.05, 0) is 88.1 Å². The molecule has 1 aliphatic carbocycles. The van der Waals surface area contributed by atoms with Crippen LogP contribution in [0, 0.1) is 24.6 Å². The lowest BCUT2D eigenvalue weighted by Gasteiger charge is -2.44. The molecule has 0 spiro atoms. The molecule has 1 heterocycles. The van der Waals surface area contributed by atoms with Gasteiger partial charge in [0.2, 0.25) is 5.91 Å². The standard InChI is InChI=1S/C31H42ClFN2O4/c1-21-8-13-27(33)24(18-21)29-25(6-5-7-26(29)32)31(37,14-3-4-16-38-2)28-20-35(15-17-39-28)30(36)23-11-9-22(19-34)10-12-23/h5-8,13,18,22-23,28,37H,3-4,9-12,14-17,19-20,34H2,1-2H3/t22?,23?,28-,31-/m1/s1. The van der Waals surface area contributed by atoms with Crippen LogP contribution in [0.15, 0.2) is 36.4 Å². The van der Waals surface area contributed by atoms with Crippen molar-refractivity contribution in [2.45, 2.75) is 63.6 Å². The Labute approximate surface area is 236 Å². The SMILES string of the molecule is COCCCC[C@@](O)(c1cccc(Cl)c1-c1cc(C)ccc1F)[C@H]1CN(C(=O)C2CCC(CN)CC2)CCO1. The first-order valence-corrected chi connectivity index (χ1v) is 14.5. The maximum atomic E-state index is 15.2. The Morgan fingerprint density at radius 2 is 2.00 bits per heavy atom. The summed E-state index contributed by atoms with van der Waals surface area (Å²) < 4.78 is 26.6. The summed E-state index contributed by atoms with van der Waals surface area (Å²) in [5.41, 5.74) is 6.55. The van der Waals surface area contributed by atoms with Crippen molar-refractivity contribution in [1.29, 1.82) is 0 Å². The van der Waals surface area contributed by atoms with Gasteiger partial charge in [-0.2, -0.15) is 0 Å². The molecular weight excluding hydrogens is 519 g/mol. The van der Waals surface area contributed by atoms with E-state index in [1.807, 2.05) is 11.8 Å². The average molecular weight is 561 g/mol. The number of unbranched alkanes of at least 4 members (excludes halogenated alkanes) is 1. The van der Waals surface area contributed by atoms with Crippen LogP contribution in [0.5, 0.6) is 0 Å². The van der Waals surface area contributed by atoms with E-state index >= 15 is 4.39 Å². The number of hydrogen-bond acceptors (Lipinski definition) is 5. The summed E-state index contributed by atoms with van der Waals surface area (Å²) in [6, 6.07) is 10.2. The predicted molar refractivity (Wildman–Crippen MR) is 152 cm³/mol. The molecule has 2 aromatic rings. The van der Waals surface area contributed by atoms with E-state index in [1.54, 1.807) is 37.4 Å². The van der Waals surface area contributed by atoms with E-state index in [2.05, 4.69) is 0 Å². The van der Waals surface area contributed by atoms with E-state index in [1.165, 1.54) is 6.07 Å². The Hall–Kier alpha value is -2.03. The molecule has 0 aromatic heterocycles. The second-order valence-electron chi connectivity index (χ2n) is 11.1. The van der Waals surface area contributed by atoms with Crippen LogP contribution in [0.4, 0.5) is 4.39 Å². The highest BCUT2D eigenvalue weighted by Gasteiger charge is 2.45. The first-order valence-electron chi connectivity index (χ1n) is 14.2. The number of nitrogens with two attached hydrogens (primary N) is 1. The van der Waals surface area contributed by atoms with E-state index in [0.717, 1.165) is 37.7 Å². The third-order valence-electron chi connectivity index (χ3n) is 8.47. The second-order valence-corrected chi connectivity index (χ2v) is 11.5. The van der Waals surface area contributed by atoms with Crippen molar-refractivity contribution in [2.24, 2.45) is 17.6 Å². The molecule has 2 fully saturated rings. The number of morpholine rings is 1. The monoisotopic (exact) mass is 560 g/mol. The molecule has 1 aliphatic heterocycles. The minimum atomic E-state index is -1.50. The maximum Gasteiger partial charge on any atom is 0.225 e. The Morgan fingerprint density at radius 3 is 2.72 bits per heavy atom. The summed E-state index contributed by atoms with van der Waals surface area (Å²) in [6.45, 7) is 4.20. The van der Waals surface area contributed by atoms with Crippen LogP contribution in [0.25, 0.3) is 11.1 Å². The molecule has 39 heavy (non-hydrogen) atoms. The molecule has 8 heteroatoms. The van der Waals surface area contributed by atoms with Gasteiger partial charge in [-0.3, -0.25) is 4.79 Å². The lowest BCUT2D eigenvalue weighted by atomic mass is 9.78. The van der Waals surface area contributed by atoms with E-state index in [9.17, 15) is 9.90 Å². The van der Waals surface area contributed by atoms with Crippen molar-refractivity contribution in [3.8, 4) is 11.1 Å². The lowest BCUT2D eigenvalue weighted by molar-refractivity contribution is -0.168. The minimum Gasteiger partial charge on any atom is -0.385 e. The number of methoxy groups -OCH3 is 1. The van der Waals surface area contributed by atoms with Gasteiger partial charge in [-0.25, -0.2) is 4.39 Å². The predicted octanol–water partition coefficient (Wildman–Crippen LogP) is 5.45. The topological polar surface area (TPSA) is 85.0 Å². The molecule has 0 unspecified atom stereocenters. The van der Waals surface area contributed by atoms with Crippen molar-refractivity contribution in [3.05, 3.63) is 58.4 Å². The van der Waals surface area contributed by atoms with Gasteiger partial charge in [-0.1, -0.05) is 35.4 Å². The van der Waals surface area contributed by atoms with Crippen LogP contribution in [-0.4, -0.2) is 62.0 Å². The zero-order chi connectivity index (χ0) is 28.0. The van der Waals surface area contributed by atoms with Crippen LogP contribution in [-0.2, 0) is 19.9 Å². The van der Waals surface area contributed by atoms with E-state index in [-0.39, 0.29) is 18.4 Å². The van der Waals surface area contributed by atoms with Crippen LogP contribution in [0.1, 0.15) is 56.1 Å². The van der Waals surface area contributed by atoms with Crippen molar-refractivity contribution in [1.82, 2.24) is 4.90 Å². The summed E-state index contributed by atoms with van der Waals surface area (Å²) in [5, 5.41) is 12.9. The highest BCUT2D eigenvalue weighted by atomic mass is 35.5. The molecular formula is C31H42ClFN2O4. The van der Waals surface area contributed by atoms with Crippen molar-refractivity contribution < 1.29 is 23.8 Å². The number of amides is 1. The largest absolute Gasteiger partial charge is 0.385 e. The number of carbonyl (C=O) groups excluding carboxylic acids is 1. The van der Waals surface area contributed by atoms with Crippen molar-refractivity contribution >= 4 is 17.5 Å². The first-order chi connectivity index (χ1) is 18.8. The third-order valence-corrected chi connectivity index (χ3v) is 8.78. The number of carbonyl (C=O) groups is 1. The first kappa shape index (κ1) is 29.9. The maximum absolute atomic E-state index is 15.2. The molecule has 0 radical (unpaired) electrons. The zero-order valence-electron chi connectivity index (χ0n) is 23.1. The smallest absolute Gasteiger partial charge is 0.225 e. The average Bonchev–Trinajstić information content (AvgIpc) is 2.96. The molecule has 4 rings (SSSR count). The van der Waals surface area contributed by atoms with Crippen molar-refractivity contribution in [2.75, 3.05) is 40.0 Å². The molecule has 3 N–H and O–H groups in total. The van der Waals surface area contributed by atoms with E-state index < -0.39 is 17.5 Å². The summed E-state index contributed by atoms with van der Waals surface area (Å²) in [5.74, 6) is 0.180. The molecule has 1 saturated carbocycles. The van der Waals surface area contributed by atoms with Gasteiger partial charge in [0.1, 0.15) is 17.5 Å². The number of hydrogen-bond donors (Lipinski definition) is 2. The Balaban J connectivity index is 1.67. The number of aliphatic hydroxyl groups is 1. The third kappa shape index (κ3) is 6.83. The molecule has 2 aliphatic rings. The zero-order valence-corrected chi connectivity index (χ0v) is 23.9. The van der Waals surface area contributed by atoms with E-state index in [0.29, 0.717) is 66.8 Å². The Kier molecular flexibility index (Phi) is 10.4. The second kappa shape index (κ2) is 13.6. The van der Waals surface area contributed by atoms with E-state index in [4.69, 9.17) is 26.8 Å². The van der Waals surface area contributed by atoms with Crippen LogP contribution in [0.3, 0.4) is 0 Å². The molecule has 2 atom stereocenters. The Morgan fingerprint density at radius 1 is 1.23 bits per heavy atom. The van der Waals surface area contributed by atoms with Gasteiger partial charge in [0, 0.05) is 42.3 Å². The molecule has 2 aromatic carbocycles. The highest BCUT2D eigenvalue weighted by molar-refractivity contribution is 6.33. The van der Waals surface area contributed by atoms with Gasteiger partial charge in [0.25, 0.3) is 0 Å². The normalized spacial score (nSPS) is 23.4. The molecule has 214 valence electrons. The van der Waals surface area contributed by atoms with Crippen LogP contribution in [0.2, 0.25) is 5.02 Å². The van der Waals surface area contributed by atoms with Gasteiger partial charge in [0.05, 0.1) is 13.2 Å². The molecule has 0 bridgehead atoms. The molecule has 1 amide bonds. The quantitative estimate of drug-likeness (QED) is 0.377. The molecule has 1 saturated heterocycles. The van der Waals surface area contributed by atoms with Crippen LogP contribution < -0.4 is 5.73 Å². The number of benzene rings is 2. The number of aryl methyl sites for hydroxylation is 1. The lowest BCUT2D eigenvalue weighted by Crippen LogP contribution is -2.55. The fourth-order valence-corrected chi connectivity index (χ4v) is 6.42. The number of rotatable bonds is 10. The highest BCUT2D eigenvalue weighted by Crippen LogP contribution is 2.44. The Bertz CT molecular complexity index is 1120. The van der Waals surface area contributed by atoms with Gasteiger partial charge < -0.3 is 25.2 Å². The summed E-state index contributed by atoms with van der Waals surface area (Å²) in [4.78, 5) is 15.4. The fourth-order valence-electron chi connectivity index (χ4n) is 6.14. The summed E-state index contributed by atoms with van der Waals surface area (Å²) >= 11 is 6.71. The number of nitrogens with zero attached hydrogens (tertiary/aromatic N) is 1. The minimum absolute atomic E-state index is 0.0236. The summed E-state index contributed by atoms with van der Waals surface area (Å²) in [7, 11) is 1.65. The number of halogens is 2. The molecule has 6 nitrogen and oxygen atoms in total.